The molecule has 0 saturated carbocycles. The molecule has 32 heavy (non-hydrogen) atoms. The van der Waals surface area contributed by atoms with Crippen LogP contribution in [-0.4, -0.2) is 62.9 Å². The molecular formula is C17H18F6N6O3. The number of amides is 1. The van der Waals surface area contributed by atoms with Crippen molar-refractivity contribution >= 4 is 17.6 Å². The van der Waals surface area contributed by atoms with Gasteiger partial charge in [0.2, 0.25) is 5.60 Å². The van der Waals surface area contributed by atoms with Crippen LogP contribution in [0.3, 0.4) is 0 Å². The van der Waals surface area contributed by atoms with Crippen LogP contribution >= 0.6 is 0 Å². The quantitative estimate of drug-likeness (QED) is 0.401. The van der Waals surface area contributed by atoms with E-state index in [0.29, 0.717) is 6.20 Å². The van der Waals surface area contributed by atoms with Crippen LogP contribution in [0, 0.1) is 11.3 Å². The van der Waals surface area contributed by atoms with Crippen LogP contribution in [0.25, 0.3) is 0 Å². The smallest absolute Gasteiger partial charge is 0.401 e. The number of anilines is 1. The average Bonchev–Trinajstić information content (AvgIpc) is 2.71. The van der Waals surface area contributed by atoms with Crippen LogP contribution in [0.5, 0.6) is 0 Å². The van der Waals surface area contributed by atoms with Crippen molar-refractivity contribution in [1.29, 1.82) is 5.41 Å². The normalized spacial score (nSPS) is 27.4. The van der Waals surface area contributed by atoms with Gasteiger partial charge in [0.25, 0.3) is 5.91 Å². The number of aliphatic hydroxyl groups is 2. The van der Waals surface area contributed by atoms with Crippen LogP contribution in [0.4, 0.5) is 32.2 Å². The molecule has 3 heterocycles. The van der Waals surface area contributed by atoms with E-state index in [-0.39, 0.29) is 31.7 Å². The number of aliphatic hydroxyl groups excluding tert-OH is 1. The van der Waals surface area contributed by atoms with Gasteiger partial charge in [-0.05, 0) is 12.8 Å². The number of nitrogens with two attached hydrogens (primary N) is 1. The maximum atomic E-state index is 13.6. The lowest BCUT2D eigenvalue weighted by atomic mass is 9.78. The fourth-order valence-electron chi connectivity index (χ4n) is 3.69. The van der Waals surface area contributed by atoms with Gasteiger partial charge in [-0.25, -0.2) is 9.97 Å². The van der Waals surface area contributed by atoms with Gasteiger partial charge in [-0.2, -0.15) is 26.3 Å². The lowest BCUT2D eigenvalue weighted by Crippen LogP contribution is -2.68. The van der Waals surface area contributed by atoms with E-state index < -0.39 is 58.7 Å². The van der Waals surface area contributed by atoms with E-state index in [4.69, 9.17) is 11.1 Å². The molecule has 1 aromatic rings. The monoisotopic (exact) mass is 468 g/mol. The molecule has 15 heteroatoms. The largest absolute Gasteiger partial charge is 0.434 e. The molecule has 9 nitrogen and oxygen atoms in total. The highest BCUT2D eigenvalue weighted by atomic mass is 19.4. The Kier molecular flexibility index (Phi) is 5.84. The van der Waals surface area contributed by atoms with Crippen LogP contribution in [0.2, 0.25) is 0 Å². The minimum atomic E-state index is -5.51. The van der Waals surface area contributed by atoms with Crippen LogP contribution in [0.1, 0.15) is 18.5 Å². The number of nitrogens with zero attached hydrogens (tertiary/aromatic N) is 3. The first-order valence-electron chi connectivity index (χ1n) is 9.19. The van der Waals surface area contributed by atoms with Crippen molar-refractivity contribution in [2.24, 2.45) is 11.7 Å². The summed E-state index contributed by atoms with van der Waals surface area (Å²) in [5.74, 6) is -3.32. The number of amidine groups is 1. The molecule has 3 rings (SSSR count). The first kappa shape index (κ1) is 23.7. The molecule has 0 radical (unpaired) electrons. The van der Waals surface area contributed by atoms with Gasteiger partial charge in [-0.15, -0.1) is 0 Å². The number of alkyl halides is 6. The zero-order chi connectivity index (χ0) is 24.1. The van der Waals surface area contributed by atoms with Crippen molar-refractivity contribution in [2.45, 2.75) is 36.9 Å². The summed E-state index contributed by atoms with van der Waals surface area (Å²) in [7, 11) is 0. The maximum absolute atomic E-state index is 13.6. The van der Waals surface area contributed by atoms with E-state index in [1.807, 2.05) is 0 Å². The van der Waals surface area contributed by atoms with Crippen molar-refractivity contribution in [3.05, 3.63) is 29.4 Å². The number of hydrogen-bond donors (Lipinski definition) is 5. The third-order valence-electron chi connectivity index (χ3n) is 5.43. The number of piperidine rings is 2. The first-order valence-corrected chi connectivity index (χ1v) is 9.19. The number of nitrogens with one attached hydrogen (secondary N) is 2. The Morgan fingerprint density at radius 2 is 1.78 bits per heavy atom. The lowest BCUT2D eigenvalue weighted by molar-refractivity contribution is -0.269. The molecule has 176 valence electrons. The van der Waals surface area contributed by atoms with E-state index in [1.165, 1.54) is 0 Å². The summed E-state index contributed by atoms with van der Waals surface area (Å²) >= 11 is 0. The van der Waals surface area contributed by atoms with E-state index in [1.54, 1.807) is 10.2 Å². The summed E-state index contributed by atoms with van der Waals surface area (Å²) < 4.78 is 78.7. The molecule has 1 aromatic heterocycles. The summed E-state index contributed by atoms with van der Waals surface area (Å²) in [6.45, 7) is 0.261. The minimum absolute atomic E-state index is 0.100. The van der Waals surface area contributed by atoms with Gasteiger partial charge in [-0.1, -0.05) is 0 Å². The summed E-state index contributed by atoms with van der Waals surface area (Å²) in [6.07, 6.45) is -11.4. The van der Waals surface area contributed by atoms with Crippen molar-refractivity contribution in [3.63, 3.8) is 0 Å². The van der Waals surface area contributed by atoms with Gasteiger partial charge < -0.3 is 26.2 Å². The maximum Gasteiger partial charge on any atom is 0.434 e. The SMILES string of the molecule is N=C1NC(=O)C(O)C(O)(C(F)(F)F)C1=C(N)C1CCN(c2cnc(C(F)(F)F)cn2)CC1. The zero-order valence-corrected chi connectivity index (χ0v) is 16.1. The summed E-state index contributed by atoms with van der Waals surface area (Å²) in [6, 6.07) is 0. The molecule has 6 N–H and O–H groups in total. The average molecular weight is 468 g/mol. The second-order valence-electron chi connectivity index (χ2n) is 7.38. The van der Waals surface area contributed by atoms with Crippen LogP contribution < -0.4 is 16.0 Å². The molecule has 0 aliphatic carbocycles. The van der Waals surface area contributed by atoms with Crippen molar-refractivity contribution in [3.8, 4) is 0 Å². The molecule has 2 aliphatic heterocycles. The predicted octanol–water partition coefficient (Wildman–Crippen LogP) is 0.686. The Morgan fingerprint density at radius 3 is 2.25 bits per heavy atom. The highest BCUT2D eigenvalue weighted by Crippen LogP contribution is 2.43. The molecule has 2 saturated heterocycles. The summed E-state index contributed by atoms with van der Waals surface area (Å²) in [4.78, 5) is 20.2. The molecule has 2 unspecified atom stereocenters. The number of carbonyl (C=O) groups is 1. The Bertz CT molecular complexity index is 940. The van der Waals surface area contributed by atoms with Gasteiger partial charge in [0.15, 0.2) is 11.8 Å². The molecule has 2 atom stereocenters. The van der Waals surface area contributed by atoms with E-state index in [0.717, 1.165) is 6.20 Å². The van der Waals surface area contributed by atoms with Crippen molar-refractivity contribution in [2.75, 3.05) is 18.0 Å². The number of halogens is 6. The lowest BCUT2D eigenvalue weighted by Gasteiger charge is -2.42. The fourth-order valence-corrected chi connectivity index (χ4v) is 3.69. The molecule has 2 fully saturated rings. The standard InChI is InChI=1S/C17H18F6N6O3/c18-16(19,20)8-5-27-9(6-26-8)29-3-1-7(2-4-29)11(24)10-13(25)28-14(31)12(30)15(10,32)17(21,22)23/h5-7,12,30,32H,1-4,24H2,(H2,25,28,31). The number of carbonyl (C=O) groups excluding carboxylic acids is 1. The third-order valence-corrected chi connectivity index (χ3v) is 5.43. The topological polar surface area (TPSA) is 148 Å². The van der Waals surface area contributed by atoms with E-state index >= 15 is 0 Å². The molecule has 2 aliphatic rings. The number of aromatic nitrogens is 2. The van der Waals surface area contributed by atoms with Crippen molar-refractivity contribution < 1.29 is 41.4 Å². The van der Waals surface area contributed by atoms with Gasteiger partial charge in [0, 0.05) is 24.7 Å². The second kappa shape index (κ2) is 7.88. The Balaban J connectivity index is 1.83. The van der Waals surface area contributed by atoms with Crippen molar-refractivity contribution in [1.82, 2.24) is 15.3 Å². The Morgan fingerprint density at radius 1 is 1.19 bits per heavy atom. The molecular weight excluding hydrogens is 450 g/mol. The van der Waals surface area contributed by atoms with Gasteiger partial charge >= 0.3 is 12.4 Å². The summed E-state index contributed by atoms with van der Waals surface area (Å²) in [5, 5.41) is 29.5. The number of allylic oxidation sites excluding steroid dienone is 1. The number of rotatable bonds is 2. The Hall–Kier alpha value is -2.94. The molecule has 0 bridgehead atoms. The van der Waals surface area contributed by atoms with Crippen LogP contribution in [0.15, 0.2) is 23.7 Å². The predicted molar refractivity (Wildman–Crippen MR) is 96.1 cm³/mol. The van der Waals surface area contributed by atoms with Gasteiger partial charge in [0.05, 0.1) is 18.0 Å². The molecule has 1 amide bonds. The zero-order valence-electron chi connectivity index (χ0n) is 16.1. The van der Waals surface area contributed by atoms with Gasteiger partial charge in [-0.3, -0.25) is 10.2 Å². The third kappa shape index (κ3) is 3.97. The van der Waals surface area contributed by atoms with Gasteiger partial charge in [0.1, 0.15) is 11.7 Å². The Labute approximate surface area is 176 Å². The molecule has 0 aromatic carbocycles. The second-order valence-corrected chi connectivity index (χ2v) is 7.38. The molecule has 0 spiro atoms. The minimum Gasteiger partial charge on any atom is -0.401 e. The number of hydrogen-bond acceptors (Lipinski definition) is 8. The van der Waals surface area contributed by atoms with E-state index in [2.05, 4.69) is 9.97 Å². The first-order chi connectivity index (χ1) is 14.7. The fraction of sp³-hybridized carbons (Fsp3) is 0.529. The van der Waals surface area contributed by atoms with E-state index in [9.17, 15) is 41.4 Å². The highest BCUT2D eigenvalue weighted by Gasteiger charge is 2.67. The van der Waals surface area contributed by atoms with Crippen LogP contribution in [-0.2, 0) is 11.0 Å². The summed E-state index contributed by atoms with van der Waals surface area (Å²) in [5.41, 5.74) is -1.00. The highest BCUT2D eigenvalue weighted by molar-refractivity contribution is 6.13.